The van der Waals surface area contributed by atoms with Gasteiger partial charge in [-0.1, -0.05) is 23.7 Å². The van der Waals surface area contributed by atoms with E-state index >= 15 is 0 Å². The van der Waals surface area contributed by atoms with Gasteiger partial charge in [-0.25, -0.2) is 0 Å². The van der Waals surface area contributed by atoms with Crippen LogP contribution in [-0.4, -0.2) is 60.7 Å². The van der Waals surface area contributed by atoms with Crippen LogP contribution in [0.15, 0.2) is 47.4 Å². The Balaban J connectivity index is 1.40. The lowest BCUT2D eigenvalue weighted by Crippen LogP contribution is -2.67. The highest BCUT2D eigenvalue weighted by atomic mass is 35.5. The fourth-order valence-corrected chi connectivity index (χ4v) is 4.94. The van der Waals surface area contributed by atoms with E-state index in [0.29, 0.717) is 42.1 Å². The van der Waals surface area contributed by atoms with Gasteiger partial charge in [0.1, 0.15) is 17.8 Å². The minimum absolute atomic E-state index is 0.0892. The maximum Gasteiger partial charge on any atom is 0.255 e. The molecule has 2 N–H and O–H groups in total. The molecule has 3 atom stereocenters. The van der Waals surface area contributed by atoms with Crippen molar-refractivity contribution in [3.8, 4) is 5.75 Å². The number of piperazine rings is 1. The van der Waals surface area contributed by atoms with Gasteiger partial charge in [-0.2, -0.15) is 0 Å². The van der Waals surface area contributed by atoms with Crippen LogP contribution >= 0.6 is 23.4 Å². The second-order valence-corrected chi connectivity index (χ2v) is 9.52. The molecular weight excluding hydrogens is 462 g/mol. The lowest BCUT2D eigenvalue weighted by molar-refractivity contribution is -0.151. The van der Waals surface area contributed by atoms with Crippen LogP contribution in [0.25, 0.3) is 0 Å². The van der Waals surface area contributed by atoms with Crippen molar-refractivity contribution in [2.24, 2.45) is 0 Å². The summed E-state index contributed by atoms with van der Waals surface area (Å²) < 4.78 is 5.38. The zero-order valence-corrected chi connectivity index (χ0v) is 20.0. The van der Waals surface area contributed by atoms with Gasteiger partial charge in [0.15, 0.2) is 0 Å². The zero-order chi connectivity index (χ0) is 23.5. The van der Waals surface area contributed by atoms with E-state index in [0.717, 1.165) is 10.5 Å². The summed E-state index contributed by atoms with van der Waals surface area (Å²) in [6, 6.07) is 11.3. The van der Waals surface area contributed by atoms with E-state index in [1.807, 2.05) is 30.5 Å². The van der Waals surface area contributed by atoms with Gasteiger partial charge in [-0.05, 0) is 55.0 Å². The van der Waals surface area contributed by atoms with Crippen LogP contribution in [0.4, 0.5) is 0 Å². The minimum atomic E-state index is -0.597. The third-order valence-electron chi connectivity index (χ3n) is 6.14. The number of carbonyl (C=O) groups excluding carboxylic acids is 3. The Hall–Kier alpha value is -2.71. The molecule has 4 rings (SSSR count). The van der Waals surface area contributed by atoms with Gasteiger partial charge >= 0.3 is 0 Å². The van der Waals surface area contributed by atoms with Crippen molar-refractivity contribution >= 4 is 41.1 Å². The van der Waals surface area contributed by atoms with E-state index in [-0.39, 0.29) is 23.8 Å². The summed E-state index contributed by atoms with van der Waals surface area (Å²) in [5, 5.41) is 6.51. The van der Waals surface area contributed by atoms with Gasteiger partial charge in [0.2, 0.25) is 11.8 Å². The van der Waals surface area contributed by atoms with Gasteiger partial charge in [-0.15, -0.1) is 11.8 Å². The van der Waals surface area contributed by atoms with Crippen molar-refractivity contribution in [2.45, 2.75) is 42.3 Å². The average molecular weight is 488 g/mol. The van der Waals surface area contributed by atoms with Gasteiger partial charge < -0.3 is 20.3 Å². The van der Waals surface area contributed by atoms with Gasteiger partial charge in [0, 0.05) is 28.9 Å². The molecule has 7 nitrogen and oxygen atoms in total. The molecule has 2 aromatic carbocycles. The molecule has 2 aromatic rings. The first-order valence-electron chi connectivity index (χ1n) is 10.8. The number of carbonyl (C=O) groups is 3. The fourth-order valence-electron chi connectivity index (χ4n) is 4.38. The van der Waals surface area contributed by atoms with E-state index in [9.17, 15) is 14.4 Å². The monoisotopic (exact) mass is 487 g/mol. The number of thioether (sulfide) groups is 1. The first-order chi connectivity index (χ1) is 15.9. The molecule has 0 unspecified atom stereocenters. The van der Waals surface area contributed by atoms with Crippen molar-refractivity contribution in [3.05, 3.63) is 58.6 Å². The molecular formula is C24H26ClN3O4S. The van der Waals surface area contributed by atoms with Crippen molar-refractivity contribution in [3.63, 3.8) is 0 Å². The van der Waals surface area contributed by atoms with Crippen LogP contribution in [0.5, 0.6) is 5.75 Å². The second-order valence-electron chi connectivity index (χ2n) is 8.20. The molecule has 33 heavy (non-hydrogen) atoms. The van der Waals surface area contributed by atoms with Crippen LogP contribution in [0, 0.1) is 0 Å². The number of halogens is 1. The molecule has 2 heterocycles. The van der Waals surface area contributed by atoms with E-state index in [2.05, 4.69) is 10.6 Å². The lowest BCUT2D eigenvalue weighted by Gasteiger charge is -2.44. The van der Waals surface area contributed by atoms with Gasteiger partial charge in [0.05, 0.1) is 12.7 Å². The highest BCUT2D eigenvalue weighted by Gasteiger charge is 2.44. The standard InChI is InChI=1S/C24H26ClN3O4S/c1-32-21-13-17(33-2)7-8-18(21)22(29)26-16-9-10-28-20(12-16)23(30)27-19(24(28)31)11-14-3-5-15(25)6-4-14/h3-8,13,16,19-20H,9-12H2,1-2H3,(H,26,29)(H,27,30)/t16-,19-,20+/m1/s1. The smallest absolute Gasteiger partial charge is 0.255 e. The summed E-state index contributed by atoms with van der Waals surface area (Å²) in [5.41, 5.74) is 1.38. The lowest BCUT2D eigenvalue weighted by atomic mass is 9.91. The van der Waals surface area contributed by atoms with Crippen LogP contribution in [-0.2, 0) is 16.0 Å². The first kappa shape index (κ1) is 23.4. The van der Waals surface area contributed by atoms with Crippen LogP contribution in [0.2, 0.25) is 5.02 Å². The van der Waals surface area contributed by atoms with Crippen molar-refractivity contribution < 1.29 is 19.1 Å². The van der Waals surface area contributed by atoms with E-state index in [1.165, 1.54) is 7.11 Å². The Morgan fingerprint density at radius 2 is 2.00 bits per heavy atom. The number of nitrogens with one attached hydrogen (secondary N) is 2. The maximum atomic E-state index is 13.1. The Bertz CT molecular complexity index is 1060. The third kappa shape index (κ3) is 5.12. The first-order valence-corrected chi connectivity index (χ1v) is 12.4. The van der Waals surface area contributed by atoms with Crippen LogP contribution < -0.4 is 15.4 Å². The number of benzene rings is 2. The van der Waals surface area contributed by atoms with E-state index < -0.39 is 12.1 Å². The van der Waals surface area contributed by atoms with Crippen molar-refractivity contribution in [1.29, 1.82) is 0 Å². The number of ether oxygens (including phenoxy) is 1. The molecule has 2 fully saturated rings. The summed E-state index contributed by atoms with van der Waals surface area (Å²) >= 11 is 7.50. The number of amides is 3. The largest absolute Gasteiger partial charge is 0.496 e. The van der Waals surface area contributed by atoms with Gasteiger partial charge in [-0.3, -0.25) is 14.4 Å². The number of hydrogen-bond donors (Lipinski definition) is 2. The molecule has 0 radical (unpaired) electrons. The van der Waals surface area contributed by atoms with Crippen molar-refractivity contribution in [1.82, 2.24) is 15.5 Å². The van der Waals surface area contributed by atoms with Gasteiger partial charge in [0.25, 0.3) is 5.91 Å². The number of rotatable bonds is 6. The Morgan fingerprint density at radius 1 is 1.24 bits per heavy atom. The molecule has 0 aliphatic carbocycles. The molecule has 0 spiro atoms. The fraction of sp³-hybridized carbons (Fsp3) is 0.375. The predicted molar refractivity (Wildman–Crippen MR) is 128 cm³/mol. The molecule has 3 amide bonds. The molecule has 0 saturated carbocycles. The maximum absolute atomic E-state index is 13.1. The summed E-state index contributed by atoms with van der Waals surface area (Å²) in [6.07, 6.45) is 3.33. The van der Waals surface area contributed by atoms with Crippen LogP contribution in [0.1, 0.15) is 28.8 Å². The number of nitrogens with zero attached hydrogens (tertiary/aromatic N) is 1. The summed E-state index contributed by atoms with van der Waals surface area (Å²) in [5.74, 6) is -0.0170. The normalized spacial score (nSPS) is 22.4. The molecule has 0 aromatic heterocycles. The second kappa shape index (κ2) is 10.1. The highest BCUT2D eigenvalue weighted by Crippen LogP contribution is 2.27. The van der Waals surface area contributed by atoms with Crippen LogP contribution in [0.3, 0.4) is 0 Å². The number of fused-ring (bicyclic) bond motifs is 1. The zero-order valence-electron chi connectivity index (χ0n) is 18.5. The Labute approximate surface area is 202 Å². The minimum Gasteiger partial charge on any atom is -0.496 e. The average Bonchev–Trinajstić information content (AvgIpc) is 2.83. The molecule has 2 aliphatic rings. The number of piperidine rings is 1. The van der Waals surface area contributed by atoms with Crippen molar-refractivity contribution in [2.75, 3.05) is 19.9 Å². The Morgan fingerprint density at radius 3 is 2.70 bits per heavy atom. The van der Waals surface area contributed by atoms with E-state index in [1.54, 1.807) is 34.9 Å². The molecule has 2 saturated heterocycles. The molecule has 2 aliphatic heterocycles. The number of hydrogen-bond acceptors (Lipinski definition) is 5. The third-order valence-corrected chi connectivity index (χ3v) is 7.12. The Kier molecular flexibility index (Phi) is 7.14. The summed E-state index contributed by atoms with van der Waals surface area (Å²) in [6.45, 7) is 0.418. The molecule has 174 valence electrons. The quantitative estimate of drug-likeness (QED) is 0.612. The SMILES string of the molecule is COc1cc(SC)ccc1C(=O)N[C@@H]1CCN2C(=O)[C@@H](Cc3ccc(Cl)cc3)NC(=O)[C@@H]2C1. The summed E-state index contributed by atoms with van der Waals surface area (Å²) in [7, 11) is 1.53. The molecule has 0 bridgehead atoms. The predicted octanol–water partition coefficient (Wildman–Crippen LogP) is 2.90. The van der Waals surface area contributed by atoms with E-state index in [4.69, 9.17) is 16.3 Å². The number of methoxy groups -OCH3 is 1. The summed E-state index contributed by atoms with van der Waals surface area (Å²) in [4.78, 5) is 41.4. The topological polar surface area (TPSA) is 87.7 Å². The highest BCUT2D eigenvalue weighted by molar-refractivity contribution is 7.98. The molecule has 9 heteroatoms.